The summed E-state index contributed by atoms with van der Waals surface area (Å²) < 4.78 is 11.2. The van der Waals surface area contributed by atoms with Gasteiger partial charge in [0.05, 0.1) is 25.4 Å². The zero-order valence-corrected chi connectivity index (χ0v) is 15.4. The minimum absolute atomic E-state index is 0.0112. The third-order valence-electron chi connectivity index (χ3n) is 5.17. The van der Waals surface area contributed by atoms with Gasteiger partial charge >= 0.3 is 0 Å². The van der Waals surface area contributed by atoms with Crippen LogP contribution in [0.5, 0.6) is 5.75 Å². The van der Waals surface area contributed by atoms with Crippen LogP contribution < -0.4 is 20.7 Å². The molecule has 1 amide bonds. The van der Waals surface area contributed by atoms with Crippen molar-refractivity contribution in [3.05, 3.63) is 24.3 Å². The zero-order valence-electron chi connectivity index (χ0n) is 15.4. The summed E-state index contributed by atoms with van der Waals surface area (Å²) in [6.45, 7) is 6.37. The largest absolute Gasteiger partial charge is 0.497 e. The Morgan fingerprint density at radius 2 is 1.96 bits per heavy atom. The summed E-state index contributed by atoms with van der Waals surface area (Å²) >= 11 is 0. The van der Waals surface area contributed by atoms with Crippen LogP contribution in [-0.4, -0.2) is 49.9 Å². The molecule has 25 heavy (non-hydrogen) atoms. The smallest absolute Gasteiger partial charge is 0.245 e. The predicted octanol–water partition coefficient (Wildman–Crippen LogP) is 1.91. The van der Waals surface area contributed by atoms with Gasteiger partial charge in [0.15, 0.2) is 0 Å². The summed E-state index contributed by atoms with van der Waals surface area (Å²) in [4.78, 5) is 12.8. The third-order valence-corrected chi connectivity index (χ3v) is 5.17. The molecule has 1 atom stereocenters. The van der Waals surface area contributed by atoms with Gasteiger partial charge in [-0.15, -0.1) is 0 Å². The molecule has 0 aromatic heterocycles. The average Bonchev–Trinajstić information content (AvgIpc) is 2.98. The van der Waals surface area contributed by atoms with Gasteiger partial charge in [-0.3, -0.25) is 4.79 Å². The normalized spacial score (nSPS) is 22.6. The predicted molar refractivity (Wildman–Crippen MR) is 98.0 cm³/mol. The maximum absolute atomic E-state index is 12.8. The Labute approximate surface area is 149 Å². The second kappa shape index (κ2) is 7.22. The summed E-state index contributed by atoms with van der Waals surface area (Å²) in [6.07, 6.45) is 2.94. The SMILES string of the molecule is COc1ccc(NC(C)(C)C(=O)NC2COC3(CCNCC3)C2)cc1. The van der Waals surface area contributed by atoms with E-state index in [0.29, 0.717) is 6.61 Å². The number of nitrogens with one attached hydrogen (secondary N) is 3. The number of ether oxygens (including phenoxy) is 2. The van der Waals surface area contributed by atoms with Crippen LogP contribution in [0, 0.1) is 0 Å². The van der Waals surface area contributed by atoms with Gasteiger partial charge in [-0.25, -0.2) is 0 Å². The number of methoxy groups -OCH3 is 1. The highest BCUT2D eigenvalue weighted by Gasteiger charge is 2.42. The number of carbonyl (C=O) groups excluding carboxylic acids is 1. The Kier molecular flexibility index (Phi) is 5.20. The standard InChI is InChI=1S/C19H29N3O3/c1-18(2,22-14-4-6-16(24-3)7-5-14)17(23)21-15-12-19(25-13-15)8-10-20-11-9-19/h4-7,15,20,22H,8-13H2,1-3H3,(H,21,23). The first kappa shape index (κ1) is 18.0. The minimum Gasteiger partial charge on any atom is -0.497 e. The highest BCUT2D eigenvalue weighted by Crippen LogP contribution is 2.34. The number of rotatable bonds is 5. The van der Waals surface area contributed by atoms with E-state index in [1.54, 1.807) is 7.11 Å². The Bertz CT molecular complexity index is 594. The second-order valence-corrected chi connectivity index (χ2v) is 7.60. The molecule has 1 aromatic carbocycles. The van der Waals surface area contributed by atoms with Gasteiger partial charge in [0.25, 0.3) is 0 Å². The van der Waals surface area contributed by atoms with Crippen LogP contribution in [0.2, 0.25) is 0 Å². The summed E-state index contributed by atoms with van der Waals surface area (Å²) in [5.41, 5.74) is 0.133. The lowest BCUT2D eigenvalue weighted by molar-refractivity contribution is -0.125. The van der Waals surface area contributed by atoms with Crippen molar-refractivity contribution < 1.29 is 14.3 Å². The molecule has 6 heteroatoms. The average molecular weight is 347 g/mol. The molecular weight excluding hydrogens is 318 g/mol. The molecule has 138 valence electrons. The molecule has 0 aliphatic carbocycles. The van der Waals surface area contributed by atoms with Crippen LogP contribution in [0.1, 0.15) is 33.1 Å². The Balaban J connectivity index is 1.56. The third kappa shape index (κ3) is 4.25. The molecule has 0 saturated carbocycles. The Hall–Kier alpha value is -1.79. The van der Waals surface area contributed by atoms with Crippen LogP contribution in [0.25, 0.3) is 0 Å². The molecule has 2 fully saturated rings. The summed E-state index contributed by atoms with van der Waals surface area (Å²) in [5.74, 6) is 0.783. The van der Waals surface area contributed by atoms with Crippen LogP contribution in [0.15, 0.2) is 24.3 Å². The molecule has 1 aromatic rings. The van der Waals surface area contributed by atoms with Crippen molar-refractivity contribution in [3.8, 4) is 5.75 Å². The molecule has 2 heterocycles. The molecular formula is C19H29N3O3. The lowest BCUT2D eigenvalue weighted by atomic mass is 9.88. The topological polar surface area (TPSA) is 71.6 Å². The number of hydrogen-bond acceptors (Lipinski definition) is 5. The van der Waals surface area contributed by atoms with Gasteiger partial charge in [0.1, 0.15) is 11.3 Å². The molecule has 1 unspecified atom stereocenters. The first-order chi connectivity index (χ1) is 11.9. The quantitative estimate of drug-likeness (QED) is 0.759. The van der Waals surface area contributed by atoms with Crippen molar-refractivity contribution in [2.24, 2.45) is 0 Å². The fourth-order valence-corrected chi connectivity index (χ4v) is 3.63. The maximum Gasteiger partial charge on any atom is 0.245 e. The number of benzene rings is 1. The molecule has 2 saturated heterocycles. The number of hydrogen-bond donors (Lipinski definition) is 3. The van der Waals surface area contributed by atoms with E-state index in [2.05, 4.69) is 16.0 Å². The van der Waals surface area contributed by atoms with Gasteiger partial charge < -0.3 is 25.4 Å². The molecule has 1 spiro atoms. The van der Waals surface area contributed by atoms with Crippen LogP contribution in [0.3, 0.4) is 0 Å². The van der Waals surface area contributed by atoms with Gasteiger partial charge in [0, 0.05) is 5.69 Å². The van der Waals surface area contributed by atoms with E-state index in [1.165, 1.54) is 0 Å². The van der Waals surface area contributed by atoms with Crippen molar-refractivity contribution in [2.75, 3.05) is 32.1 Å². The highest BCUT2D eigenvalue weighted by atomic mass is 16.5. The number of piperidine rings is 1. The Morgan fingerprint density at radius 3 is 2.60 bits per heavy atom. The molecule has 3 N–H and O–H groups in total. The number of carbonyl (C=O) groups is 1. The highest BCUT2D eigenvalue weighted by molar-refractivity contribution is 5.88. The van der Waals surface area contributed by atoms with E-state index in [4.69, 9.17) is 9.47 Å². The van der Waals surface area contributed by atoms with E-state index in [-0.39, 0.29) is 17.6 Å². The van der Waals surface area contributed by atoms with E-state index >= 15 is 0 Å². The summed E-state index contributed by atoms with van der Waals surface area (Å²) in [5, 5.41) is 9.82. The van der Waals surface area contributed by atoms with E-state index in [0.717, 1.165) is 43.8 Å². The van der Waals surface area contributed by atoms with Gasteiger partial charge in [0.2, 0.25) is 5.91 Å². The van der Waals surface area contributed by atoms with Crippen LogP contribution in [-0.2, 0) is 9.53 Å². The van der Waals surface area contributed by atoms with Crippen molar-refractivity contribution in [3.63, 3.8) is 0 Å². The second-order valence-electron chi connectivity index (χ2n) is 7.60. The summed E-state index contributed by atoms with van der Waals surface area (Å²) in [6, 6.07) is 7.67. The van der Waals surface area contributed by atoms with Crippen LogP contribution >= 0.6 is 0 Å². The first-order valence-corrected chi connectivity index (χ1v) is 9.00. The summed E-state index contributed by atoms with van der Waals surface area (Å²) in [7, 11) is 1.64. The number of anilines is 1. The molecule has 0 radical (unpaired) electrons. The van der Waals surface area contributed by atoms with Gasteiger partial charge in [-0.2, -0.15) is 0 Å². The van der Waals surface area contributed by atoms with Gasteiger partial charge in [-0.1, -0.05) is 0 Å². The van der Waals surface area contributed by atoms with Crippen molar-refractivity contribution in [2.45, 2.75) is 50.3 Å². The van der Waals surface area contributed by atoms with Crippen LogP contribution in [0.4, 0.5) is 5.69 Å². The first-order valence-electron chi connectivity index (χ1n) is 9.00. The molecule has 0 bridgehead atoms. The van der Waals surface area contributed by atoms with Crippen molar-refractivity contribution in [1.82, 2.24) is 10.6 Å². The van der Waals surface area contributed by atoms with E-state index < -0.39 is 5.54 Å². The molecule has 6 nitrogen and oxygen atoms in total. The monoisotopic (exact) mass is 347 g/mol. The lowest BCUT2D eigenvalue weighted by Crippen LogP contribution is -2.51. The number of amides is 1. The van der Waals surface area contributed by atoms with Gasteiger partial charge in [-0.05, 0) is 70.5 Å². The van der Waals surface area contributed by atoms with Crippen molar-refractivity contribution in [1.29, 1.82) is 0 Å². The molecule has 3 rings (SSSR count). The fraction of sp³-hybridized carbons (Fsp3) is 0.632. The fourth-order valence-electron chi connectivity index (χ4n) is 3.63. The molecule has 2 aliphatic heterocycles. The minimum atomic E-state index is -0.710. The van der Waals surface area contributed by atoms with Crippen molar-refractivity contribution >= 4 is 11.6 Å². The zero-order chi connectivity index (χ0) is 17.9. The van der Waals surface area contributed by atoms with E-state index in [1.807, 2.05) is 38.1 Å². The molecule has 2 aliphatic rings. The lowest BCUT2D eigenvalue weighted by Gasteiger charge is -2.33. The van der Waals surface area contributed by atoms with E-state index in [9.17, 15) is 4.79 Å². The maximum atomic E-state index is 12.8. The Morgan fingerprint density at radius 1 is 1.28 bits per heavy atom.